The number of piperidine rings is 1. The van der Waals surface area contributed by atoms with Gasteiger partial charge in [-0.1, -0.05) is 13.8 Å². The molecule has 0 bridgehead atoms. The molecule has 0 spiro atoms. The average Bonchev–Trinajstić information content (AvgIpc) is 2.09. The Morgan fingerprint density at radius 3 is 2.77 bits per heavy atom. The largest absolute Gasteiger partial charge is 0.391 e. The molecule has 3 unspecified atom stereocenters. The van der Waals surface area contributed by atoms with Crippen LogP contribution in [0.3, 0.4) is 0 Å². The molecule has 0 aliphatic carbocycles. The van der Waals surface area contributed by atoms with Crippen molar-refractivity contribution < 1.29 is 9.32 Å². The molecule has 3 atom stereocenters. The number of nitrogens with zero attached hydrogens (tertiary/aromatic N) is 1. The lowest BCUT2D eigenvalue weighted by atomic mass is 9.98. The highest BCUT2D eigenvalue weighted by Crippen LogP contribution is 2.19. The molecule has 5 heteroatoms. The zero-order valence-corrected chi connectivity index (χ0v) is 9.01. The smallest absolute Gasteiger partial charge is 0.107 e. The number of rotatable bonds is 2. The van der Waals surface area contributed by atoms with Crippen molar-refractivity contribution in [2.24, 2.45) is 5.92 Å². The third kappa shape index (κ3) is 2.42. The summed E-state index contributed by atoms with van der Waals surface area (Å²) in [6.45, 7) is 4.80. The van der Waals surface area contributed by atoms with Crippen molar-refractivity contribution in [1.82, 2.24) is 4.31 Å². The first kappa shape index (κ1) is 10.9. The van der Waals surface area contributed by atoms with Gasteiger partial charge in [-0.05, 0) is 12.3 Å². The number of aliphatic hydroxyl groups is 1. The summed E-state index contributed by atoms with van der Waals surface area (Å²) >= 11 is 0. The van der Waals surface area contributed by atoms with Crippen molar-refractivity contribution in [2.75, 3.05) is 18.8 Å². The molecule has 0 aromatic heterocycles. The molecule has 1 fully saturated rings. The van der Waals surface area contributed by atoms with Gasteiger partial charge in [0.2, 0.25) is 0 Å². The van der Waals surface area contributed by atoms with Crippen LogP contribution in [0.15, 0.2) is 0 Å². The summed E-state index contributed by atoms with van der Waals surface area (Å²) in [4.78, 5) is 0. The summed E-state index contributed by atoms with van der Waals surface area (Å²) in [6, 6.07) is 0. The third-order valence-electron chi connectivity index (χ3n) is 2.69. The van der Waals surface area contributed by atoms with E-state index in [2.05, 4.69) is 0 Å². The molecule has 78 valence electrons. The Hall–Kier alpha value is -0.130. The average molecular weight is 206 g/mol. The molecule has 0 aromatic carbocycles. The minimum absolute atomic E-state index is 0.267. The van der Waals surface area contributed by atoms with E-state index in [0.29, 0.717) is 18.8 Å². The second-order valence-electron chi connectivity index (χ2n) is 3.65. The highest BCUT2D eigenvalue weighted by molar-refractivity contribution is 7.90. The topological polar surface area (TPSA) is 64.4 Å². The number of aliphatic hydroxyl groups excluding tert-OH is 1. The number of hydrogen-bond donors (Lipinski definition) is 2. The van der Waals surface area contributed by atoms with E-state index in [9.17, 15) is 9.32 Å². The van der Waals surface area contributed by atoms with Crippen LogP contribution < -0.4 is 0 Å². The van der Waals surface area contributed by atoms with Crippen LogP contribution in [0.2, 0.25) is 0 Å². The number of nitrogens with one attached hydrogen (secondary N) is 1. The molecule has 1 rings (SSSR count). The van der Waals surface area contributed by atoms with Gasteiger partial charge in [0.1, 0.15) is 9.92 Å². The lowest BCUT2D eigenvalue weighted by Gasteiger charge is -2.34. The summed E-state index contributed by atoms with van der Waals surface area (Å²) in [5.74, 6) is 0.608. The lowest BCUT2D eigenvalue weighted by molar-refractivity contribution is 0.0617. The molecule has 2 N–H and O–H groups in total. The molecule has 0 amide bonds. The summed E-state index contributed by atoms with van der Waals surface area (Å²) in [5, 5.41) is 9.56. The molecule has 13 heavy (non-hydrogen) atoms. The van der Waals surface area contributed by atoms with Crippen LogP contribution in [0, 0.1) is 10.7 Å². The van der Waals surface area contributed by atoms with E-state index in [1.165, 1.54) is 0 Å². The van der Waals surface area contributed by atoms with Gasteiger partial charge in [0.25, 0.3) is 0 Å². The summed E-state index contributed by atoms with van der Waals surface area (Å²) in [5.41, 5.74) is 0. The van der Waals surface area contributed by atoms with E-state index in [-0.39, 0.29) is 5.92 Å². The Kier molecular flexibility index (Phi) is 3.32. The van der Waals surface area contributed by atoms with Crippen LogP contribution in [0.5, 0.6) is 0 Å². The first-order valence-corrected chi connectivity index (χ1v) is 6.35. The first-order valence-electron chi connectivity index (χ1n) is 4.67. The van der Waals surface area contributed by atoms with Crippen molar-refractivity contribution in [3.8, 4) is 0 Å². The fourth-order valence-corrected chi connectivity index (χ4v) is 2.63. The predicted octanol–water partition coefficient (Wildman–Crippen LogP) is 0.671. The first-order chi connectivity index (χ1) is 5.97. The Bertz CT molecular complexity index is 263. The quantitative estimate of drug-likeness (QED) is 0.697. The third-order valence-corrected chi connectivity index (χ3v) is 4.64. The van der Waals surface area contributed by atoms with Gasteiger partial charge >= 0.3 is 0 Å². The van der Waals surface area contributed by atoms with E-state index in [0.717, 1.165) is 6.42 Å². The van der Waals surface area contributed by atoms with Crippen molar-refractivity contribution in [3.05, 3.63) is 0 Å². The van der Waals surface area contributed by atoms with Crippen molar-refractivity contribution in [2.45, 2.75) is 26.4 Å². The lowest BCUT2D eigenvalue weighted by Crippen LogP contribution is -2.45. The maximum atomic E-state index is 11.6. The van der Waals surface area contributed by atoms with Gasteiger partial charge in [0.05, 0.1) is 6.10 Å². The Balaban J connectivity index is 2.66. The highest BCUT2D eigenvalue weighted by atomic mass is 32.2. The van der Waals surface area contributed by atoms with E-state index in [4.69, 9.17) is 4.78 Å². The maximum absolute atomic E-state index is 11.6. The summed E-state index contributed by atoms with van der Waals surface area (Å²) < 4.78 is 20.8. The molecule has 0 saturated carbocycles. The molecule has 1 aliphatic heterocycles. The van der Waals surface area contributed by atoms with Crippen LogP contribution in [-0.4, -0.2) is 38.6 Å². The van der Waals surface area contributed by atoms with Crippen molar-refractivity contribution in [1.29, 1.82) is 4.78 Å². The van der Waals surface area contributed by atoms with Gasteiger partial charge in [0, 0.05) is 18.8 Å². The van der Waals surface area contributed by atoms with Crippen LogP contribution >= 0.6 is 0 Å². The van der Waals surface area contributed by atoms with Crippen LogP contribution in [0.1, 0.15) is 20.3 Å². The number of hydrogen-bond acceptors (Lipinski definition) is 3. The Morgan fingerprint density at radius 1 is 1.69 bits per heavy atom. The number of β-amino-alcohol motifs (C(OH)–C–C–N with tert-alkyl or cyclic N) is 1. The normalized spacial score (nSPS) is 35.6. The van der Waals surface area contributed by atoms with E-state index in [1.54, 1.807) is 11.2 Å². The molecule has 4 nitrogen and oxygen atoms in total. The molecular formula is C8H18N2O2S. The van der Waals surface area contributed by atoms with Crippen LogP contribution in [0.25, 0.3) is 0 Å². The van der Waals surface area contributed by atoms with Gasteiger partial charge in [-0.25, -0.2) is 13.3 Å². The highest BCUT2D eigenvalue weighted by Gasteiger charge is 2.28. The summed E-state index contributed by atoms with van der Waals surface area (Å²) in [6.07, 6.45) is 0.406. The van der Waals surface area contributed by atoms with Crippen LogP contribution in [-0.2, 0) is 9.92 Å². The van der Waals surface area contributed by atoms with E-state index < -0.39 is 16.0 Å². The summed E-state index contributed by atoms with van der Waals surface area (Å²) in [7, 11) is -2.60. The molecule has 1 heterocycles. The van der Waals surface area contributed by atoms with E-state index in [1.807, 2.05) is 6.92 Å². The maximum Gasteiger partial charge on any atom is 0.107 e. The molecule has 0 aromatic rings. The Morgan fingerprint density at radius 2 is 2.31 bits per heavy atom. The van der Waals surface area contributed by atoms with Gasteiger partial charge in [-0.3, -0.25) is 0 Å². The van der Waals surface area contributed by atoms with Crippen molar-refractivity contribution >= 4 is 9.92 Å². The molecular weight excluding hydrogens is 188 g/mol. The second-order valence-corrected chi connectivity index (χ2v) is 6.03. The molecule has 1 aliphatic rings. The van der Waals surface area contributed by atoms with Crippen molar-refractivity contribution in [3.63, 3.8) is 0 Å². The Labute approximate surface area is 80.0 Å². The molecule has 1 saturated heterocycles. The zero-order chi connectivity index (χ0) is 10.1. The van der Waals surface area contributed by atoms with Gasteiger partial charge in [0.15, 0.2) is 0 Å². The standard InChI is InChI=1S/C8H18N2O2S/c1-3-13(9,12)10-5-4-7(2)8(11)6-10/h7-9,11H,3-6H2,1-2H3. The second kappa shape index (κ2) is 3.94. The molecule has 0 radical (unpaired) electrons. The minimum Gasteiger partial charge on any atom is -0.391 e. The monoisotopic (exact) mass is 206 g/mol. The fourth-order valence-electron chi connectivity index (χ4n) is 1.47. The predicted molar refractivity (Wildman–Crippen MR) is 52.8 cm³/mol. The minimum atomic E-state index is -2.60. The SMILES string of the molecule is CCS(=N)(=O)N1CCC(C)C(O)C1. The van der Waals surface area contributed by atoms with Gasteiger partial charge < -0.3 is 5.11 Å². The van der Waals surface area contributed by atoms with Gasteiger partial charge in [-0.15, -0.1) is 0 Å². The van der Waals surface area contributed by atoms with E-state index >= 15 is 0 Å². The van der Waals surface area contributed by atoms with Gasteiger partial charge in [-0.2, -0.15) is 0 Å². The fraction of sp³-hybridized carbons (Fsp3) is 1.00. The zero-order valence-electron chi connectivity index (χ0n) is 8.19. The van der Waals surface area contributed by atoms with Crippen LogP contribution in [0.4, 0.5) is 0 Å².